The third-order valence-corrected chi connectivity index (χ3v) is 4.12. The van der Waals surface area contributed by atoms with Crippen LogP contribution in [-0.4, -0.2) is 6.54 Å². The van der Waals surface area contributed by atoms with Crippen molar-refractivity contribution in [3.63, 3.8) is 0 Å². The van der Waals surface area contributed by atoms with Crippen molar-refractivity contribution in [1.82, 2.24) is 4.65 Å². The van der Waals surface area contributed by atoms with Gasteiger partial charge < -0.3 is 5.21 Å². The number of quaternary nitrogens is 1. The maximum absolute atomic E-state index is 13.3. The van der Waals surface area contributed by atoms with Crippen molar-refractivity contribution in [1.29, 1.82) is 0 Å². The number of rotatable bonds is 1. The number of nitrogens with zero attached hydrogens (tertiary/aromatic N) is 1. The van der Waals surface area contributed by atoms with Gasteiger partial charge in [-0.05, 0) is 31.0 Å². The Kier molecular flexibility index (Phi) is 3.30. The predicted octanol–water partition coefficient (Wildman–Crippen LogP) is 5.02. The number of hydroxylamine groups is 1. The zero-order chi connectivity index (χ0) is 16.1. The minimum absolute atomic E-state index is 0.208. The van der Waals surface area contributed by atoms with Crippen LogP contribution in [0.15, 0.2) is 36.4 Å². The molecular weight excluding hydrogens is 291 g/mol. The highest BCUT2D eigenvalue weighted by Crippen LogP contribution is 2.44. The predicted molar refractivity (Wildman–Crippen MR) is 80.8 cm³/mol. The van der Waals surface area contributed by atoms with E-state index in [0.29, 0.717) is 17.7 Å². The zero-order valence-electron chi connectivity index (χ0n) is 12.4. The van der Waals surface area contributed by atoms with Gasteiger partial charge in [0.05, 0.1) is 12.1 Å². The molecule has 0 N–H and O–H groups in total. The average Bonchev–Trinajstić information content (AvgIpc) is 2.75. The molecule has 0 aliphatic carbocycles. The van der Waals surface area contributed by atoms with Crippen LogP contribution in [0.2, 0.25) is 0 Å². The van der Waals surface area contributed by atoms with E-state index in [9.17, 15) is 18.4 Å². The van der Waals surface area contributed by atoms with E-state index in [-0.39, 0.29) is 12.2 Å². The fourth-order valence-electron chi connectivity index (χ4n) is 3.11. The van der Waals surface area contributed by atoms with Crippen molar-refractivity contribution < 1.29 is 13.2 Å². The van der Waals surface area contributed by atoms with Crippen LogP contribution in [0.1, 0.15) is 22.3 Å². The zero-order valence-corrected chi connectivity index (χ0v) is 12.4. The van der Waals surface area contributed by atoms with Gasteiger partial charge in [0.25, 0.3) is 0 Å². The molecule has 0 aromatic heterocycles. The van der Waals surface area contributed by atoms with Gasteiger partial charge in [-0.25, -0.2) is 0 Å². The van der Waals surface area contributed by atoms with Crippen LogP contribution in [0.5, 0.6) is 0 Å². The number of halogens is 3. The third-order valence-electron chi connectivity index (χ3n) is 4.12. The standard InChI is InChI=1S/C17H16F3NO/c1-11-7-12(2)9-15(8-11)21(22)6-5-13-3-4-14(10-16(13)21)17(18,19)20/h3-4,7-10H,5-6H2,1-2H3. The molecule has 1 aliphatic heterocycles. The molecule has 0 saturated carbocycles. The lowest BCUT2D eigenvalue weighted by Gasteiger charge is -2.38. The molecule has 22 heavy (non-hydrogen) atoms. The molecule has 0 spiro atoms. The van der Waals surface area contributed by atoms with Gasteiger partial charge in [0.2, 0.25) is 0 Å². The molecule has 1 aliphatic rings. The highest BCUT2D eigenvalue weighted by Gasteiger charge is 2.38. The van der Waals surface area contributed by atoms with Crippen molar-refractivity contribution >= 4 is 11.4 Å². The number of fused-ring (bicyclic) bond motifs is 1. The van der Waals surface area contributed by atoms with Gasteiger partial charge in [0.15, 0.2) is 0 Å². The highest BCUT2D eigenvalue weighted by atomic mass is 19.4. The van der Waals surface area contributed by atoms with Crippen molar-refractivity contribution in [2.45, 2.75) is 26.4 Å². The summed E-state index contributed by atoms with van der Waals surface area (Å²) in [5, 5.41) is 13.3. The molecule has 0 radical (unpaired) electrons. The second-order valence-electron chi connectivity index (χ2n) is 5.90. The lowest BCUT2D eigenvalue weighted by molar-refractivity contribution is -0.137. The Morgan fingerprint density at radius 2 is 1.64 bits per heavy atom. The minimum atomic E-state index is -4.44. The Labute approximate surface area is 127 Å². The summed E-state index contributed by atoms with van der Waals surface area (Å²) in [4.78, 5) is 0. The Morgan fingerprint density at radius 1 is 1.00 bits per heavy atom. The smallest absolute Gasteiger partial charge is 0.416 e. The fraction of sp³-hybridized carbons (Fsp3) is 0.294. The molecule has 0 amide bonds. The van der Waals surface area contributed by atoms with E-state index in [1.54, 1.807) is 12.1 Å². The topological polar surface area (TPSA) is 23.1 Å². The Bertz CT molecular complexity index is 719. The summed E-state index contributed by atoms with van der Waals surface area (Å²) in [5.41, 5.74) is 2.50. The van der Waals surface area contributed by atoms with E-state index in [2.05, 4.69) is 0 Å². The molecule has 116 valence electrons. The molecule has 2 aromatic rings. The van der Waals surface area contributed by atoms with E-state index in [4.69, 9.17) is 0 Å². The Hall–Kier alpha value is -1.85. The average molecular weight is 307 g/mol. The number of hydrogen-bond donors (Lipinski definition) is 0. The van der Waals surface area contributed by atoms with E-state index in [1.807, 2.05) is 19.9 Å². The minimum Gasteiger partial charge on any atom is -0.622 e. The van der Waals surface area contributed by atoms with E-state index in [0.717, 1.165) is 23.3 Å². The van der Waals surface area contributed by atoms with Gasteiger partial charge in [-0.1, -0.05) is 12.1 Å². The SMILES string of the molecule is Cc1cc(C)cc([N+]2([O-])CCc3ccc(C(F)(F)F)cc32)c1. The van der Waals surface area contributed by atoms with Crippen molar-refractivity contribution in [2.75, 3.05) is 6.54 Å². The molecule has 3 rings (SSSR count). The van der Waals surface area contributed by atoms with Gasteiger partial charge in [-0.15, -0.1) is 0 Å². The van der Waals surface area contributed by atoms with Crippen LogP contribution in [0, 0.1) is 19.1 Å². The lowest BCUT2D eigenvalue weighted by Crippen LogP contribution is -2.35. The van der Waals surface area contributed by atoms with Gasteiger partial charge in [0.1, 0.15) is 11.4 Å². The van der Waals surface area contributed by atoms with Gasteiger partial charge in [-0.3, -0.25) is 4.65 Å². The largest absolute Gasteiger partial charge is 0.622 e. The van der Waals surface area contributed by atoms with Crippen LogP contribution in [0.3, 0.4) is 0 Å². The molecule has 0 saturated heterocycles. The van der Waals surface area contributed by atoms with Crippen LogP contribution in [0.4, 0.5) is 24.5 Å². The summed E-state index contributed by atoms with van der Waals surface area (Å²) in [6, 6.07) is 8.95. The van der Waals surface area contributed by atoms with Crippen LogP contribution >= 0.6 is 0 Å². The van der Waals surface area contributed by atoms with Crippen molar-refractivity contribution in [3.8, 4) is 0 Å². The van der Waals surface area contributed by atoms with Crippen LogP contribution in [0.25, 0.3) is 0 Å². The van der Waals surface area contributed by atoms with Gasteiger partial charge in [-0.2, -0.15) is 13.2 Å². The Morgan fingerprint density at radius 3 is 2.23 bits per heavy atom. The van der Waals surface area contributed by atoms with Crippen molar-refractivity contribution in [3.05, 3.63) is 63.9 Å². The number of aryl methyl sites for hydroxylation is 2. The number of benzene rings is 2. The molecule has 5 heteroatoms. The number of alkyl halides is 3. The summed E-state index contributed by atoms with van der Waals surface area (Å²) in [5.74, 6) is 0. The highest BCUT2D eigenvalue weighted by molar-refractivity contribution is 5.68. The maximum atomic E-state index is 13.3. The second-order valence-corrected chi connectivity index (χ2v) is 5.90. The maximum Gasteiger partial charge on any atom is 0.416 e. The first-order valence-electron chi connectivity index (χ1n) is 7.09. The molecular formula is C17H16F3NO. The summed E-state index contributed by atoms with van der Waals surface area (Å²) in [6.07, 6.45) is -3.95. The first-order chi connectivity index (χ1) is 10.2. The van der Waals surface area contributed by atoms with E-state index < -0.39 is 16.4 Å². The van der Waals surface area contributed by atoms with E-state index in [1.165, 1.54) is 6.07 Å². The molecule has 0 fully saturated rings. The monoisotopic (exact) mass is 307 g/mol. The first kappa shape index (κ1) is 15.1. The molecule has 1 atom stereocenters. The van der Waals surface area contributed by atoms with Crippen LogP contribution < -0.4 is 4.65 Å². The summed E-state index contributed by atoms with van der Waals surface area (Å²) in [7, 11) is 0. The van der Waals surface area contributed by atoms with Crippen LogP contribution in [-0.2, 0) is 12.6 Å². The lowest BCUT2D eigenvalue weighted by atomic mass is 10.1. The third kappa shape index (κ3) is 2.40. The normalized spacial score (nSPS) is 21.0. The molecule has 2 nitrogen and oxygen atoms in total. The molecule has 2 aromatic carbocycles. The van der Waals surface area contributed by atoms with Gasteiger partial charge >= 0.3 is 6.18 Å². The fourth-order valence-corrected chi connectivity index (χ4v) is 3.11. The Balaban J connectivity index is 2.16. The molecule has 1 heterocycles. The molecule has 0 bridgehead atoms. The quantitative estimate of drug-likeness (QED) is 0.536. The van der Waals surface area contributed by atoms with E-state index >= 15 is 0 Å². The second kappa shape index (κ2) is 4.83. The molecule has 1 unspecified atom stereocenters. The number of hydrogen-bond acceptors (Lipinski definition) is 1. The van der Waals surface area contributed by atoms with Crippen molar-refractivity contribution in [2.24, 2.45) is 0 Å². The first-order valence-corrected chi connectivity index (χ1v) is 7.09. The van der Waals surface area contributed by atoms with Gasteiger partial charge in [0, 0.05) is 30.2 Å². The summed E-state index contributed by atoms with van der Waals surface area (Å²) >= 11 is 0. The summed E-state index contributed by atoms with van der Waals surface area (Å²) < 4.78 is 38.0. The summed E-state index contributed by atoms with van der Waals surface area (Å²) in [6.45, 7) is 4.00.